The van der Waals surface area contributed by atoms with Crippen LogP contribution in [0, 0.1) is 5.82 Å². The molecule has 1 saturated heterocycles. The Hall–Kier alpha value is -1.66. The Labute approximate surface area is 142 Å². The summed E-state index contributed by atoms with van der Waals surface area (Å²) in [5, 5.41) is 0. The van der Waals surface area contributed by atoms with Gasteiger partial charge in [-0.3, -0.25) is 0 Å². The Kier molecular flexibility index (Phi) is 6.99. The molecule has 0 radical (unpaired) electrons. The molecule has 1 fully saturated rings. The number of rotatable bonds is 5. The van der Waals surface area contributed by atoms with Gasteiger partial charge in [-0.05, 0) is 50.5 Å². The molecule has 0 spiro atoms. The molecule has 134 valence electrons. The van der Waals surface area contributed by atoms with Gasteiger partial charge in [-0.25, -0.2) is 9.18 Å². The average molecular weight is 340 g/mol. The predicted molar refractivity (Wildman–Crippen MR) is 86.9 cm³/mol. The van der Waals surface area contributed by atoms with Gasteiger partial charge in [-0.15, -0.1) is 0 Å². The Balaban J connectivity index is 2.19. The standard InChI is InChI=1S/C18H26FNO4/c1-3-11-22-16-6-4-5-15(20)18(21)23-12(2)17(16)24-14-9-7-13(19)8-10-14/h7-10,12,15-17H,3-6,11,20H2,1-2H3/p+1/t12-,15-,16-,17-/m0/s1. The lowest BCUT2D eigenvalue weighted by molar-refractivity contribution is -0.410. The van der Waals surface area contributed by atoms with E-state index in [9.17, 15) is 9.18 Å². The van der Waals surface area contributed by atoms with E-state index in [0.717, 1.165) is 19.3 Å². The summed E-state index contributed by atoms with van der Waals surface area (Å²) in [5.74, 6) is -0.110. The Bertz CT molecular complexity index is 522. The maximum Gasteiger partial charge on any atom is 0.365 e. The number of cyclic esters (lactones) is 1. The van der Waals surface area contributed by atoms with E-state index in [4.69, 9.17) is 14.2 Å². The maximum absolute atomic E-state index is 13.1. The van der Waals surface area contributed by atoms with Crippen LogP contribution in [0.5, 0.6) is 5.75 Å². The van der Waals surface area contributed by atoms with Crippen LogP contribution in [0.2, 0.25) is 0 Å². The van der Waals surface area contributed by atoms with E-state index in [1.54, 1.807) is 19.1 Å². The van der Waals surface area contributed by atoms with Crippen LogP contribution < -0.4 is 10.5 Å². The highest BCUT2D eigenvalue weighted by Crippen LogP contribution is 2.24. The lowest BCUT2D eigenvalue weighted by Crippen LogP contribution is -2.65. The molecule has 1 aliphatic heterocycles. The highest BCUT2D eigenvalue weighted by atomic mass is 19.1. The monoisotopic (exact) mass is 340 g/mol. The van der Waals surface area contributed by atoms with Gasteiger partial charge in [0.25, 0.3) is 0 Å². The lowest BCUT2D eigenvalue weighted by atomic mass is 10.0. The van der Waals surface area contributed by atoms with Gasteiger partial charge in [0.05, 0.1) is 6.10 Å². The Morgan fingerprint density at radius 3 is 2.67 bits per heavy atom. The van der Waals surface area contributed by atoms with Gasteiger partial charge in [0.2, 0.25) is 0 Å². The second-order valence-corrected chi connectivity index (χ2v) is 6.22. The van der Waals surface area contributed by atoms with Crippen molar-refractivity contribution in [2.24, 2.45) is 0 Å². The molecule has 5 nitrogen and oxygen atoms in total. The molecule has 2 rings (SSSR count). The minimum absolute atomic E-state index is 0.192. The first-order chi connectivity index (χ1) is 11.5. The van der Waals surface area contributed by atoms with Crippen LogP contribution in [0.3, 0.4) is 0 Å². The topological polar surface area (TPSA) is 72.4 Å². The summed E-state index contributed by atoms with van der Waals surface area (Å²) in [7, 11) is 0. The minimum Gasteiger partial charge on any atom is -0.484 e. The molecule has 1 aliphatic rings. The summed E-state index contributed by atoms with van der Waals surface area (Å²) >= 11 is 0. The van der Waals surface area contributed by atoms with E-state index in [0.29, 0.717) is 18.8 Å². The van der Waals surface area contributed by atoms with Gasteiger partial charge in [-0.2, -0.15) is 0 Å². The van der Waals surface area contributed by atoms with Crippen LogP contribution in [0.4, 0.5) is 4.39 Å². The zero-order chi connectivity index (χ0) is 17.5. The predicted octanol–water partition coefficient (Wildman–Crippen LogP) is 2.09. The van der Waals surface area contributed by atoms with Crippen molar-refractivity contribution in [2.75, 3.05) is 6.61 Å². The van der Waals surface area contributed by atoms with Crippen molar-refractivity contribution in [3.05, 3.63) is 30.1 Å². The molecule has 4 atom stereocenters. The van der Waals surface area contributed by atoms with E-state index in [-0.39, 0.29) is 23.9 Å². The number of hydrogen-bond acceptors (Lipinski definition) is 4. The molecule has 1 heterocycles. The number of quaternary nitrogens is 1. The van der Waals surface area contributed by atoms with Crippen LogP contribution in [0.1, 0.15) is 39.5 Å². The number of benzene rings is 1. The fourth-order valence-electron chi connectivity index (χ4n) is 2.79. The molecule has 0 amide bonds. The number of halogens is 1. The number of ether oxygens (including phenoxy) is 3. The van der Waals surface area contributed by atoms with Crippen LogP contribution >= 0.6 is 0 Å². The molecule has 3 N–H and O–H groups in total. The smallest absolute Gasteiger partial charge is 0.365 e. The molecule has 24 heavy (non-hydrogen) atoms. The summed E-state index contributed by atoms with van der Waals surface area (Å²) in [6.45, 7) is 4.45. The molecular weight excluding hydrogens is 313 g/mol. The van der Waals surface area contributed by atoms with Crippen molar-refractivity contribution in [2.45, 2.75) is 63.9 Å². The van der Waals surface area contributed by atoms with Gasteiger partial charge in [0, 0.05) is 13.0 Å². The molecule has 1 aromatic rings. The normalized spacial score (nSPS) is 28.4. The highest BCUT2D eigenvalue weighted by molar-refractivity contribution is 5.74. The Morgan fingerprint density at radius 1 is 1.29 bits per heavy atom. The van der Waals surface area contributed by atoms with E-state index in [2.05, 4.69) is 5.73 Å². The lowest BCUT2D eigenvalue weighted by Gasteiger charge is -2.31. The van der Waals surface area contributed by atoms with Gasteiger partial charge in [-0.1, -0.05) is 6.92 Å². The quantitative estimate of drug-likeness (QED) is 0.833. The van der Waals surface area contributed by atoms with E-state index in [1.165, 1.54) is 12.1 Å². The zero-order valence-electron chi connectivity index (χ0n) is 14.4. The third kappa shape index (κ3) is 5.18. The van der Waals surface area contributed by atoms with E-state index in [1.807, 2.05) is 6.92 Å². The molecule has 0 aliphatic carbocycles. The fourth-order valence-corrected chi connectivity index (χ4v) is 2.79. The van der Waals surface area contributed by atoms with Crippen molar-refractivity contribution in [3.8, 4) is 5.75 Å². The number of carbonyl (C=O) groups is 1. The van der Waals surface area contributed by atoms with Crippen molar-refractivity contribution in [1.82, 2.24) is 0 Å². The molecule has 6 heteroatoms. The maximum atomic E-state index is 13.1. The third-order valence-electron chi connectivity index (χ3n) is 4.13. The van der Waals surface area contributed by atoms with Crippen molar-refractivity contribution >= 4 is 5.97 Å². The van der Waals surface area contributed by atoms with Crippen LogP contribution in [-0.2, 0) is 14.3 Å². The van der Waals surface area contributed by atoms with Crippen molar-refractivity contribution in [1.29, 1.82) is 0 Å². The van der Waals surface area contributed by atoms with Gasteiger partial charge < -0.3 is 19.9 Å². The van der Waals surface area contributed by atoms with Crippen LogP contribution in [0.15, 0.2) is 24.3 Å². The third-order valence-corrected chi connectivity index (χ3v) is 4.13. The van der Waals surface area contributed by atoms with Crippen molar-refractivity contribution in [3.63, 3.8) is 0 Å². The SMILES string of the molecule is CCCO[C@H]1CCC[C@H]([NH3+])C(=O)O[C@@H](C)[C@@H]1Oc1ccc(F)cc1. The molecule has 0 saturated carbocycles. The number of esters is 1. The Morgan fingerprint density at radius 2 is 2.00 bits per heavy atom. The second kappa shape index (κ2) is 8.99. The molecule has 1 aromatic carbocycles. The summed E-state index contributed by atoms with van der Waals surface area (Å²) < 4.78 is 30.6. The summed E-state index contributed by atoms with van der Waals surface area (Å²) in [6, 6.07) is 5.45. The summed E-state index contributed by atoms with van der Waals surface area (Å²) in [6.07, 6.45) is 2.02. The largest absolute Gasteiger partial charge is 0.484 e. The number of hydrogen-bond donors (Lipinski definition) is 1. The van der Waals surface area contributed by atoms with Gasteiger partial charge in [0.15, 0.2) is 12.1 Å². The summed E-state index contributed by atoms with van der Waals surface area (Å²) in [4.78, 5) is 12.1. The minimum atomic E-state index is -0.480. The first kappa shape index (κ1) is 18.7. The highest BCUT2D eigenvalue weighted by Gasteiger charge is 2.35. The van der Waals surface area contributed by atoms with Crippen LogP contribution in [-0.4, -0.2) is 36.9 Å². The first-order valence-electron chi connectivity index (χ1n) is 8.58. The number of carbonyl (C=O) groups excluding carboxylic acids is 1. The fraction of sp³-hybridized carbons (Fsp3) is 0.611. The average Bonchev–Trinajstić information content (AvgIpc) is 2.60. The van der Waals surface area contributed by atoms with Crippen LogP contribution in [0.25, 0.3) is 0 Å². The van der Waals surface area contributed by atoms with Gasteiger partial charge >= 0.3 is 5.97 Å². The molecule has 0 aromatic heterocycles. The molecule has 0 bridgehead atoms. The first-order valence-corrected chi connectivity index (χ1v) is 8.58. The second-order valence-electron chi connectivity index (χ2n) is 6.22. The molecule has 0 unspecified atom stereocenters. The van der Waals surface area contributed by atoms with Crippen molar-refractivity contribution < 1.29 is 29.1 Å². The van der Waals surface area contributed by atoms with E-state index < -0.39 is 12.2 Å². The summed E-state index contributed by atoms with van der Waals surface area (Å²) in [5.41, 5.74) is 3.86. The zero-order valence-corrected chi connectivity index (χ0v) is 14.4. The molecular formula is C18H27FNO4+. The van der Waals surface area contributed by atoms with E-state index >= 15 is 0 Å². The van der Waals surface area contributed by atoms with Gasteiger partial charge in [0.1, 0.15) is 17.7 Å².